The molecule has 0 unspecified atom stereocenters. The lowest BCUT2D eigenvalue weighted by molar-refractivity contribution is 0.113. The molecule has 1 aliphatic rings. The van der Waals surface area contributed by atoms with Crippen molar-refractivity contribution in [1.82, 2.24) is 10.2 Å². The SMILES string of the molecule is S=C(NC[C@H]1CCCO1)N(Cc1ccccc1)Cc1c(Cl)cccc1Cl. The van der Waals surface area contributed by atoms with Crippen molar-refractivity contribution in [3.8, 4) is 0 Å². The highest BCUT2D eigenvalue weighted by molar-refractivity contribution is 7.80. The highest BCUT2D eigenvalue weighted by Gasteiger charge is 2.19. The summed E-state index contributed by atoms with van der Waals surface area (Å²) in [6.45, 7) is 2.78. The monoisotopic (exact) mass is 408 g/mol. The van der Waals surface area contributed by atoms with E-state index in [4.69, 9.17) is 40.2 Å². The quantitative estimate of drug-likeness (QED) is 0.675. The van der Waals surface area contributed by atoms with E-state index < -0.39 is 0 Å². The average molecular weight is 409 g/mol. The summed E-state index contributed by atoms with van der Waals surface area (Å²) in [5.41, 5.74) is 2.06. The molecule has 2 aromatic carbocycles. The molecule has 0 radical (unpaired) electrons. The van der Waals surface area contributed by atoms with E-state index >= 15 is 0 Å². The minimum atomic E-state index is 0.232. The van der Waals surface area contributed by atoms with Crippen molar-refractivity contribution in [2.45, 2.75) is 32.0 Å². The van der Waals surface area contributed by atoms with Gasteiger partial charge in [0.1, 0.15) is 0 Å². The van der Waals surface area contributed by atoms with Crippen LogP contribution in [0.1, 0.15) is 24.0 Å². The van der Waals surface area contributed by atoms with Gasteiger partial charge in [-0.05, 0) is 42.8 Å². The maximum Gasteiger partial charge on any atom is 0.169 e. The molecular formula is C20H22Cl2N2OS. The number of nitrogens with one attached hydrogen (secondary N) is 1. The number of ether oxygens (including phenoxy) is 1. The molecule has 0 aromatic heterocycles. The van der Waals surface area contributed by atoms with Gasteiger partial charge in [-0.25, -0.2) is 0 Å². The van der Waals surface area contributed by atoms with E-state index in [1.54, 1.807) is 0 Å². The lowest BCUT2D eigenvalue weighted by Gasteiger charge is -2.27. The van der Waals surface area contributed by atoms with Gasteiger partial charge in [0.2, 0.25) is 0 Å². The van der Waals surface area contributed by atoms with E-state index in [9.17, 15) is 0 Å². The first-order valence-electron chi connectivity index (χ1n) is 8.74. The molecule has 26 heavy (non-hydrogen) atoms. The summed E-state index contributed by atoms with van der Waals surface area (Å²) in [4.78, 5) is 2.09. The van der Waals surface area contributed by atoms with E-state index in [0.29, 0.717) is 28.2 Å². The fourth-order valence-electron chi connectivity index (χ4n) is 3.00. The molecule has 3 nitrogen and oxygen atoms in total. The molecule has 1 saturated heterocycles. The van der Waals surface area contributed by atoms with Crippen LogP contribution in [0.5, 0.6) is 0 Å². The zero-order chi connectivity index (χ0) is 18.4. The third-order valence-corrected chi connectivity index (χ3v) is 5.53. The van der Waals surface area contributed by atoms with E-state index in [1.807, 2.05) is 36.4 Å². The molecule has 2 aromatic rings. The fraction of sp³-hybridized carbons (Fsp3) is 0.350. The number of halogens is 2. The van der Waals surface area contributed by atoms with Gasteiger partial charge in [-0.3, -0.25) is 0 Å². The molecule has 0 aliphatic carbocycles. The Hall–Kier alpha value is -1.33. The molecule has 0 amide bonds. The third kappa shape index (κ3) is 5.34. The Morgan fingerprint density at radius 1 is 1.08 bits per heavy atom. The standard InChI is InChI=1S/C20H22Cl2N2OS/c21-18-9-4-10-19(22)17(18)14-24(13-15-6-2-1-3-7-15)20(26)23-12-16-8-5-11-25-16/h1-4,6-7,9-10,16H,5,8,11-14H2,(H,23,26)/t16-/m1/s1. The second kappa shape index (κ2) is 9.56. The van der Waals surface area contributed by atoms with Gasteiger partial charge in [-0.1, -0.05) is 59.6 Å². The molecule has 0 bridgehead atoms. The lowest BCUT2D eigenvalue weighted by atomic mass is 10.1. The molecule has 1 heterocycles. The lowest BCUT2D eigenvalue weighted by Crippen LogP contribution is -2.42. The Labute approximate surface area is 170 Å². The molecule has 1 aliphatic heterocycles. The second-order valence-electron chi connectivity index (χ2n) is 6.36. The Bertz CT molecular complexity index is 716. The summed E-state index contributed by atoms with van der Waals surface area (Å²) in [5, 5.41) is 5.33. The normalized spacial score (nSPS) is 16.5. The van der Waals surface area contributed by atoms with Gasteiger partial charge >= 0.3 is 0 Å². The van der Waals surface area contributed by atoms with Crippen LogP contribution in [-0.4, -0.2) is 29.3 Å². The van der Waals surface area contributed by atoms with Gasteiger partial charge in [0.25, 0.3) is 0 Å². The summed E-state index contributed by atoms with van der Waals surface area (Å²) >= 11 is 18.4. The van der Waals surface area contributed by atoms with Gasteiger partial charge < -0.3 is 15.0 Å². The first-order valence-corrected chi connectivity index (χ1v) is 9.91. The molecule has 1 fully saturated rings. The van der Waals surface area contributed by atoms with Crippen molar-refractivity contribution in [2.24, 2.45) is 0 Å². The highest BCUT2D eigenvalue weighted by Crippen LogP contribution is 2.26. The van der Waals surface area contributed by atoms with Crippen molar-refractivity contribution in [3.05, 3.63) is 69.7 Å². The average Bonchev–Trinajstić information content (AvgIpc) is 3.16. The largest absolute Gasteiger partial charge is 0.376 e. The van der Waals surface area contributed by atoms with Crippen molar-refractivity contribution in [1.29, 1.82) is 0 Å². The summed E-state index contributed by atoms with van der Waals surface area (Å²) in [6.07, 6.45) is 2.42. The minimum absolute atomic E-state index is 0.232. The Morgan fingerprint density at radius 3 is 2.46 bits per heavy atom. The number of benzene rings is 2. The highest BCUT2D eigenvalue weighted by atomic mass is 35.5. The third-order valence-electron chi connectivity index (χ3n) is 4.42. The summed E-state index contributed by atoms with van der Waals surface area (Å²) in [5.74, 6) is 0. The maximum absolute atomic E-state index is 6.37. The zero-order valence-electron chi connectivity index (χ0n) is 14.5. The topological polar surface area (TPSA) is 24.5 Å². The number of thiocarbonyl (C=S) groups is 1. The van der Waals surface area contributed by atoms with Crippen LogP contribution >= 0.6 is 35.4 Å². The van der Waals surface area contributed by atoms with Crippen molar-refractivity contribution in [3.63, 3.8) is 0 Å². The zero-order valence-corrected chi connectivity index (χ0v) is 16.8. The summed E-state index contributed by atoms with van der Waals surface area (Å²) in [6, 6.07) is 15.8. The van der Waals surface area contributed by atoms with Crippen LogP contribution in [0.4, 0.5) is 0 Å². The maximum atomic E-state index is 6.37. The van der Waals surface area contributed by atoms with E-state index in [1.165, 1.54) is 5.56 Å². The predicted octanol–water partition coefficient (Wildman–Crippen LogP) is 5.05. The molecule has 1 N–H and O–H groups in total. The molecule has 1 atom stereocenters. The first kappa shape index (κ1) is 19.4. The van der Waals surface area contributed by atoms with Gasteiger partial charge in [-0.2, -0.15) is 0 Å². The van der Waals surface area contributed by atoms with Crippen LogP contribution in [0.2, 0.25) is 10.0 Å². The summed E-state index contributed by atoms with van der Waals surface area (Å²) < 4.78 is 5.68. The van der Waals surface area contributed by atoms with Crippen molar-refractivity contribution >= 4 is 40.5 Å². The molecular weight excluding hydrogens is 387 g/mol. The fourth-order valence-corrected chi connectivity index (χ4v) is 3.73. The number of nitrogens with zero attached hydrogens (tertiary/aromatic N) is 1. The van der Waals surface area contributed by atoms with Gasteiger partial charge in [0, 0.05) is 41.8 Å². The first-order chi connectivity index (χ1) is 12.6. The van der Waals surface area contributed by atoms with Crippen LogP contribution in [0, 0.1) is 0 Å². The smallest absolute Gasteiger partial charge is 0.169 e. The Balaban J connectivity index is 1.73. The van der Waals surface area contributed by atoms with Crippen LogP contribution in [0.15, 0.2) is 48.5 Å². The van der Waals surface area contributed by atoms with Crippen LogP contribution in [0.3, 0.4) is 0 Å². The number of rotatable bonds is 6. The van der Waals surface area contributed by atoms with E-state index in [2.05, 4.69) is 22.3 Å². The minimum Gasteiger partial charge on any atom is -0.376 e. The Morgan fingerprint density at radius 2 is 1.81 bits per heavy atom. The molecule has 0 spiro atoms. The van der Waals surface area contributed by atoms with Crippen LogP contribution < -0.4 is 5.32 Å². The van der Waals surface area contributed by atoms with Crippen LogP contribution in [-0.2, 0) is 17.8 Å². The van der Waals surface area contributed by atoms with Gasteiger partial charge in [0.05, 0.1) is 6.10 Å². The van der Waals surface area contributed by atoms with Gasteiger partial charge in [0.15, 0.2) is 5.11 Å². The molecule has 0 saturated carbocycles. The molecule has 3 rings (SSSR count). The van der Waals surface area contributed by atoms with Crippen LogP contribution in [0.25, 0.3) is 0 Å². The number of hydrogen-bond donors (Lipinski definition) is 1. The van der Waals surface area contributed by atoms with E-state index in [0.717, 1.165) is 31.6 Å². The molecule has 6 heteroatoms. The molecule has 138 valence electrons. The predicted molar refractivity (Wildman–Crippen MR) is 112 cm³/mol. The van der Waals surface area contributed by atoms with Gasteiger partial charge in [-0.15, -0.1) is 0 Å². The number of hydrogen-bond acceptors (Lipinski definition) is 2. The van der Waals surface area contributed by atoms with Crippen molar-refractivity contribution < 1.29 is 4.74 Å². The van der Waals surface area contributed by atoms with E-state index in [-0.39, 0.29) is 6.10 Å². The second-order valence-corrected chi connectivity index (χ2v) is 7.56. The summed E-state index contributed by atoms with van der Waals surface area (Å²) in [7, 11) is 0. The Kier molecular flexibility index (Phi) is 7.15. The van der Waals surface area contributed by atoms with Crippen molar-refractivity contribution in [2.75, 3.05) is 13.2 Å².